The van der Waals surface area contributed by atoms with Crippen molar-refractivity contribution in [2.75, 3.05) is 0 Å². The van der Waals surface area contributed by atoms with Crippen LogP contribution in [0.3, 0.4) is 0 Å². The molecular weight excluding hydrogens is 770 g/mol. The Balaban J connectivity index is 0.000000166. The molecule has 6 aromatic rings. The number of hydrogen-bond acceptors (Lipinski definition) is 7. The Labute approximate surface area is 269 Å². The van der Waals surface area contributed by atoms with Crippen LogP contribution >= 0.6 is 56.8 Å². The van der Waals surface area contributed by atoms with Crippen LogP contribution in [0.5, 0.6) is 6.01 Å². The van der Waals surface area contributed by atoms with E-state index < -0.39 is 0 Å². The van der Waals surface area contributed by atoms with E-state index in [1.165, 1.54) is 0 Å². The van der Waals surface area contributed by atoms with E-state index in [0.717, 1.165) is 74.4 Å². The zero-order valence-electron chi connectivity index (χ0n) is 23.9. The van der Waals surface area contributed by atoms with Crippen LogP contribution in [0, 0.1) is 34.8 Å². The Morgan fingerprint density at radius 2 is 1.22 bits per heavy atom. The van der Waals surface area contributed by atoms with E-state index in [4.69, 9.17) is 25.4 Å². The average molecular weight is 799 g/mol. The summed E-state index contributed by atoms with van der Waals surface area (Å²) < 4.78 is 22.4. The fourth-order valence-electron chi connectivity index (χ4n) is 4.94. The second-order valence-electron chi connectivity index (χ2n) is 10.1. The molecule has 41 heavy (non-hydrogen) atoms. The number of ether oxygens (including phenoxy) is 1. The molecule has 4 aromatic heterocycles. The van der Waals surface area contributed by atoms with Crippen LogP contribution in [0.15, 0.2) is 33.3 Å². The van der Waals surface area contributed by atoms with Crippen LogP contribution in [0.1, 0.15) is 36.8 Å². The Kier molecular flexibility index (Phi) is 8.41. The lowest BCUT2D eigenvalue weighted by molar-refractivity contribution is 0.216. The van der Waals surface area contributed by atoms with Gasteiger partial charge in [0.15, 0.2) is 0 Å². The predicted octanol–water partition coefficient (Wildman–Crippen LogP) is 8.34. The van der Waals surface area contributed by atoms with Gasteiger partial charge in [-0.25, -0.2) is 4.98 Å². The zero-order valence-corrected chi connectivity index (χ0v) is 29.0. The van der Waals surface area contributed by atoms with Crippen LogP contribution in [0.25, 0.3) is 44.3 Å². The number of benzene rings is 2. The van der Waals surface area contributed by atoms with Gasteiger partial charge in [-0.1, -0.05) is 10.3 Å². The predicted molar refractivity (Wildman–Crippen MR) is 178 cm³/mol. The van der Waals surface area contributed by atoms with Crippen molar-refractivity contribution in [2.24, 2.45) is 14.1 Å². The molecule has 0 atom stereocenters. The summed E-state index contributed by atoms with van der Waals surface area (Å²) in [5, 5.41) is 8.52. The van der Waals surface area contributed by atoms with Gasteiger partial charge in [-0.05, 0) is 134 Å². The lowest BCUT2D eigenvalue weighted by atomic mass is 10.0. The van der Waals surface area contributed by atoms with Crippen molar-refractivity contribution in [3.63, 3.8) is 0 Å². The SMILES string of the molecule is Cc1noc(C)c1-c1cc(I)c2c(c1)nc(Cl)n2C.Cc1noc(C)c1-c1cc(I)c2c(c1)nc(OC(C)C)n2C. The van der Waals surface area contributed by atoms with Crippen molar-refractivity contribution in [3.8, 4) is 28.3 Å². The molecule has 2 aromatic carbocycles. The number of hydrogen-bond donors (Lipinski definition) is 0. The highest BCUT2D eigenvalue weighted by Gasteiger charge is 2.19. The Hall–Kier alpha value is -2.65. The summed E-state index contributed by atoms with van der Waals surface area (Å²) in [6.45, 7) is 11.7. The van der Waals surface area contributed by atoms with Gasteiger partial charge in [-0.3, -0.25) is 4.57 Å². The molecule has 0 unspecified atom stereocenters. The molecule has 0 amide bonds. The number of aryl methyl sites for hydroxylation is 6. The monoisotopic (exact) mass is 798 g/mol. The van der Waals surface area contributed by atoms with Crippen molar-refractivity contribution in [1.29, 1.82) is 0 Å². The second kappa shape index (κ2) is 11.6. The lowest BCUT2D eigenvalue weighted by Crippen LogP contribution is -2.09. The van der Waals surface area contributed by atoms with Crippen LogP contribution in [-0.2, 0) is 14.1 Å². The van der Waals surface area contributed by atoms with E-state index >= 15 is 0 Å². The van der Waals surface area contributed by atoms with Crippen LogP contribution < -0.4 is 4.74 Å². The largest absolute Gasteiger partial charge is 0.462 e. The van der Waals surface area contributed by atoms with Crippen molar-refractivity contribution in [1.82, 2.24) is 29.4 Å². The van der Waals surface area contributed by atoms with Gasteiger partial charge < -0.3 is 18.4 Å². The highest BCUT2D eigenvalue weighted by molar-refractivity contribution is 14.1. The van der Waals surface area contributed by atoms with Gasteiger partial charge in [0.05, 0.1) is 39.6 Å². The van der Waals surface area contributed by atoms with Crippen molar-refractivity contribution in [2.45, 2.75) is 47.6 Å². The van der Waals surface area contributed by atoms with Gasteiger partial charge >= 0.3 is 0 Å². The third-order valence-electron chi connectivity index (χ3n) is 6.74. The molecule has 0 saturated carbocycles. The zero-order chi connectivity index (χ0) is 29.7. The minimum absolute atomic E-state index is 0.0928. The van der Waals surface area contributed by atoms with Crippen LogP contribution in [-0.4, -0.2) is 35.5 Å². The minimum Gasteiger partial charge on any atom is -0.462 e. The van der Waals surface area contributed by atoms with Gasteiger partial charge in [0.2, 0.25) is 5.28 Å². The highest BCUT2D eigenvalue weighted by Crippen LogP contribution is 2.35. The lowest BCUT2D eigenvalue weighted by Gasteiger charge is -2.08. The fourth-order valence-corrected chi connectivity index (χ4v) is 7.06. The highest BCUT2D eigenvalue weighted by atomic mass is 127. The topological polar surface area (TPSA) is 96.9 Å². The minimum atomic E-state index is 0.0928. The van der Waals surface area contributed by atoms with Crippen molar-refractivity contribution >= 4 is 78.8 Å². The van der Waals surface area contributed by atoms with E-state index in [1.807, 2.05) is 70.8 Å². The molecular formula is C29H29ClI2N6O3. The summed E-state index contributed by atoms with van der Waals surface area (Å²) in [6.07, 6.45) is 0.0928. The summed E-state index contributed by atoms with van der Waals surface area (Å²) in [5.41, 5.74) is 9.89. The Morgan fingerprint density at radius 3 is 1.66 bits per heavy atom. The maximum atomic E-state index is 6.08. The van der Waals surface area contributed by atoms with E-state index in [9.17, 15) is 0 Å². The number of imidazole rings is 2. The fraction of sp³-hybridized carbons (Fsp3) is 0.310. The molecule has 0 bridgehead atoms. The maximum Gasteiger partial charge on any atom is 0.297 e. The Bertz CT molecular complexity index is 1880. The molecule has 0 aliphatic heterocycles. The third kappa shape index (κ3) is 5.59. The van der Waals surface area contributed by atoms with E-state index in [0.29, 0.717) is 11.3 Å². The molecule has 0 aliphatic carbocycles. The summed E-state index contributed by atoms with van der Waals surface area (Å²) in [6, 6.07) is 8.97. The smallest absolute Gasteiger partial charge is 0.297 e. The van der Waals surface area contributed by atoms with Crippen molar-refractivity contribution in [3.05, 3.63) is 59.6 Å². The van der Waals surface area contributed by atoms with Gasteiger partial charge in [0.1, 0.15) is 11.5 Å². The first-order valence-electron chi connectivity index (χ1n) is 12.9. The van der Waals surface area contributed by atoms with Gasteiger partial charge in [0, 0.05) is 32.4 Å². The molecule has 6 rings (SSSR count). The number of aromatic nitrogens is 6. The van der Waals surface area contributed by atoms with Gasteiger partial charge in [-0.2, -0.15) is 4.98 Å². The standard InChI is InChI=1S/C16H18IN3O2.C13H11ClIN3O/c1-8(2)21-16-18-13-7-11(6-12(17)15(13)20(16)5)14-9(3)19-22-10(14)4;1-6-11(7(2)19-17-6)8-4-9(15)12-10(5-8)16-13(14)18(12)3/h6-8H,1-5H3;4-5H,1-3H3. The van der Waals surface area contributed by atoms with E-state index in [-0.39, 0.29) is 6.10 Å². The number of rotatable bonds is 4. The average Bonchev–Trinajstić information content (AvgIpc) is 3.59. The van der Waals surface area contributed by atoms with Crippen molar-refractivity contribution < 1.29 is 13.8 Å². The molecule has 0 saturated heterocycles. The summed E-state index contributed by atoms with van der Waals surface area (Å²) in [7, 11) is 3.89. The molecule has 0 fully saturated rings. The molecule has 0 N–H and O–H groups in total. The van der Waals surface area contributed by atoms with Crippen LogP contribution in [0.4, 0.5) is 0 Å². The first-order chi connectivity index (χ1) is 19.4. The molecule has 0 radical (unpaired) electrons. The summed E-state index contributed by atoms with van der Waals surface area (Å²) >= 11 is 10.7. The Morgan fingerprint density at radius 1 is 0.756 bits per heavy atom. The normalized spacial score (nSPS) is 11.5. The first-order valence-corrected chi connectivity index (χ1v) is 15.4. The van der Waals surface area contributed by atoms with Gasteiger partial charge in [0.25, 0.3) is 6.01 Å². The summed E-state index contributed by atoms with van der Waals surface area (Å²) in [4.78, 5) is 9.00. The molecule has 0 aliphatic rings. The van der Waals surface area contributed by atoms with Crippen LogP contribution in [0.2, 0.25) is 5.28 Å². The molecule has 9 nitrogen and oxygen atoms in total. The second-order valence-corrected chi connectivity index (χ2v) is 12.8. The number of nitrogens with zero attached hydrogens (tertiary/aromatic N) is 6. The third-order valence-corrected chi connectivity index (χ3v) is 8.72. The molecule has 4 heterocycles. The quantitative estimate of drug-likeness (QED) is 0.166. The molecule has 0 spiro atoms. The number of fused-ring (bicyclic) bond motifs is 2. The number of halogens is 3. The molecule has 214 valence electrons. The maximum absolute atomic E-state index is 6.08. The first kappa shape index (κ1) is 29.8. The van der Waals surface area contributed by atoms with E-state index in [1.54, 1.807) is 0 Å². The van der Waals surface area contributed by atoms with Gasteiger partial charge in [-0.15, -0.1) is 0 Å². The summed E-state index contributed by atoms with van der Waals surface area (Å²) in [5.74, 6) is 1.64. The molecule has 12 heteroatoms. The van der Waals surface area contributed by atoms with E-state index in [2.05, 4.69) is 83.7 Å².